The van der Waals surface area contributed by atoms with Gasteiger partial charge in [-0.15, -0.1) is 0 Å². The van der Waals surface area contributed by atoms with E-state index in [0.717, 1.165) is 4.47 Å². The third kappa shape index (κ3) is 5.82. The number of nitrogens with one attached hydrogen (secondary N) is 2. The second-order valence-corrected chi connectivity index (χ2v) is 6.41. The van der Waals surface area contributed by atoms with Crippen LogP contribution in [0.3, 0.4) is 0 Å². The van der Waals surface area contributed by atoms with Crippen molar-refractivity contribution in [2.45, 2.75) is 13.3 Å². The van der Waals surface area contributed by atoms with Crippen LogP contribution in [0.2, 0.25) is 0 Å². The van der Waals surface area contributed by atoms with Crippen molar-refractivity contribution in [2.24, 2.45) is 5.10 Å². The molecule has 0 heterocycles. The average Bonchev–Trinajstić information content (AvgIpc) is 2.67. The van der Waals surface area contributed by atoms with Crippen molar-refractivity contribution in [2.75, 3.05) is 19.5 Å². The molecule has 0 saturated heterocycles. The Balaban J connectivity index is 1.97. The first kappa shape index (κ1) is 20.4. The molecule has 27 heavy (non-hydrogen) atoms. The van der Waals surface area contributed by atoms with Crippen LogP contribution in [-0.2, 0) is 4.79 Å². The van der Waals surface area contributed by atoms with Crippen LogP contribution in [-0.4, -0.2) is 31.7 Å². The Hall–Kier alpha value is -2.87. The highest BCUT2D eigenvalue weighted by molar-refractivity contribution is 9.10. The summed E-state index contributed by atoms with van der Waals surface area (Å²) in [4.78, 5) is 24.4. The van der Waals surface area contributed by atoms with E-state index in [1.165, 1.54) is 14.2 Å². The van der Waals surface area contributed by atoms with E-state index in [-0.39, 0.29) is 12.3 Å². The van der Waals surface area contributed by atoms with Crippen molar-refractivity contribution in [3.63, 3.8) is 0 Å². The summed E-state index contributed by atoms with van der Waals surface area (Å²) in [6.07, 6.45) is 0.0430. The highest BCUT2D eigenvalue weighted by atomic mass is 79.9. The van der Waals surface area contributed by atoms with Gasteiger partial charge in [-0.25, -0.2) is 5.43 Å². The first-order valence-electron chi connectivity index (χ1n) is 8.04. The van der Waals surface area contributed by atoms with Crippen molar-refractivity contribution in [1.29, 1.82) is 0 Å². The highest BCUT2D eigenvalue weighted by Crippen LogP contribution is 2.24. The molecular weight excluding hydrogens is 414 g/mol. The lowest BCUT2D eigenvalue weighted by molar-refractivity contribution is -0.115. The lowest BCUT2D eigenvalue weighted by Gasteiger charge is -2.10. The molecule has 7 nitrogen and oxygen atoms in total. The number of rotatable bonds is 7. The van der Waals surface area contributed by atoms with Crippen LogP contribution in [0.4, 0.5) is 5.69 Å². The van der Waals surface area contributed by atoms with Crippen molar-refractivity contribution in [1.82, 2.24) is 5.43 Å². The number of ether oxygens (including phenoxy) is 2. The number of para-hydroxylation sites is 1. The molecule has 0 aliphatic carbocycles. The van der Waals surface area contributed by atoms with Crippen LogP contribution in [0.25, 0.3) is 0 Å². The average molecular weight is 434 g/mol. The third-order valence-electron chi connectivity index (χ3n) is 3.57. The van der Waals surface area contributed by atoms with Crippen LogP contribution in [0.15, 0.2) is 52.0 Å². The van der Waals surface area contributed by atoms with Gasteiger partial charge in [0.15, 0.2) is 0 Å². The number of hydrogen-bond acceptors (Lipinski definition) is 5. The summed E-state index contributed by atoms with van der Waals surface area (Å²) in [6.45, 7) is 1.66. The number of methoxy groups -OCH3 is 2. The Labute approximate surface area is 165 Å². The number of amides is 2. The van der Waals surface area contributed by atoms with Gasteiger partial charge in [-0.1, -0.05) is 12.1 Å². The fraction of sp³-hybridized carbons (Fsp3) is 0.211. The quantitative estimate of drug-likeness (QED) is 0.515. The van der Waals surface area contributed by atoms with Gasteiger partial charge < -0.3 is 14.8 Å². The molecule has 0 bridgehead atoms. The van der Waals surface area contributed by atoms with Crippen molar-refractivity contribution in [3.05, 3.63) is 52.5 Å². The van der Waals surface area contributed by atoms with E-state index in [2.05, 4.69) is 31.8 Å². The van der Waals surface area contributed by atoms with E-state index in [1.54, 1.807) is 31.2 Å². The van der Waals surface area contributed by atoms with Crippen molar-refractivity contribution < 1.29 is 19.1 Å². The number of hydrogen-bond donors (Lipinski definition) is 2. The van der Waals surface area contributed by atoms with Gasteiger partial charge in [-0.05, 0) is 47.1 Å². The molecule has 8 heteroatoms. The number of nitrogens with zero attached hydrogens (tertiary/aromatic N) is 1. The molecule has 2 rings (SSSR count). The molecule has 0 spiro atoms. The fourth-order valence-corrected chi connectivity index (χ4v) is 2.61. The lowest BCUT2D eigenvalue weighted by Crippen LogP contribution is -2.22. The summed E-state index contributed by atoms with van der Waals surface area (Å²) < 4.78 is 11.1. The van der Waals surface area contributed by atoms with E-state index in [9.17, 15) is 9.59 Å². The fourth-order valence-electron chi connectivity index (χ4n) is 2.22. The standard InChI is InChI=1S/C19H20BrN3O4/c1-12(10-18(24)21-16-7-5-4-6-15(16)20)22-23-19(25)14-9-8-13(26-2)11-17(14)27-3/h4-9,11H,10H2,1-3H3,(H,21,24)(H,23,25)/b22-12+. The summed E-state index contributed by atoms with van der Waals surface area (Å²) in [7, 11) is 2.99. The Bertz CT molecular complexity index is 868. The van der Waals surface area contributed by atoms with E-state index in [1.807, 2.05) is 18.2 Å². The second kappa shape index (κ2) is 9.72. The molecule has 2 amide bonds. The van der Waals surface area contributed by atoms with Gasteiger partial charge in [0, 0.05) is 16.3 Å². The Kier molecular flexibility index (Phi) is 7.36. The molecule has 2 N–H and O–H groups in total. The number of halogens is 1. The summed E-state index contributed by atoms with van der Waals surface area (Å²) in [5.74, 6) is 0.262. The predicted molar refractivity (Wildman–Crippen MR) is 108 cm³/mol. The van der Waals surface area contributed by atoms with E-state index >= 15 is 0 Å². The number of carbonyl (C=O) groups excluding carboxylic acids is 2. The Morgan fingerprint density at radius 2 is 1.85 bits per heavy atom. The number of carbonyl (C=O) groups is 2. The Morgan fingerprint density at radius 3 is 2.52 bits per heavy atom. The first-order chi connectivity index (χ1) is 12.9. The molecule has 0 radical (unpaired) electrons. The zero-order valence-electron chi connectivity index (χ0n) is 15.2. The molecule has 142 valence electrons. The smallest absolute Gasteiger partial charge is 0.275 e. The molecule has 2 aromatic rings. The monoisotopic (exact) mass is 433 g/mol. The minimum absolute atomic E-state index is 0.0430. The molecule has 0 aliphatic rings. The van der Waals surface area contributed by atoms with Crippen LogP contribution < -0.4 is 20.2 Å². The van der Waals surface area contributed by atoms with Gasteiger partial charge in [0.2, 0.25) is 5.91 Å². The van der Waals surface area contributed by atoms with E-state index < -0.39 is 5.91 Å². The summed E-state index contributed by atoms with van der Waals surface area (Å²) in [5, 5.41) is 6.76. The zero-order chi connectivity index (χ0) is 19.8. The first-order valence-corrected chi connectivity index (χ1v) is 8.83. The number of benzene rings is 2. The van der Waals surface area contributed by atoms with Gasteiger partial charge in [0.05, 0.1) is 31.9 Å². The second-order valence-electron chi connectivity index (χ2n) is 5.56. The summed E-state index contributed by atoms with van der Waals surface area (Å²) in [6, 6.07) is 12.1. The minimum atomic E-state index is -0.444. The molecule has 0 aliphatic heterocycles. The van der Waals surface area contributed by atoms with Crippen molar-refractivity contribution >= 4 is 39.1 Å². The maximum Gasteiger partial charge on any atom is 0.275 e. The third-order valence-corrected chi connectivity index (χ3v) is 4.26. The van der Waals surface area contributed by atoms with Crippen LogP contribution in [0.1, 0.15) is 23.7 Å². The van der Waals surface area contributed by atoms with Gasteiger partial charge >= 0.3 is 0 Å². The minimum Gasteiger partial charge on any atom is -0.497 e. The zero-order valence-corrected chi connectivity index (χ0v) is 16.8. The maximum atomic E-state index is 12.3. The highest BCUT2D eigenvalue weighted by Gasteiger charge is 2.13. The van der Waals surface area contributed by atoms with Gasteiger partial charge in [-0.2, -0.15) is 5.10 Å². The summed E-state index contributed by atoms with van der Waals surface area (Å²) in [5.41, 5.74) is 3.87. The van der Waals surface area contributed by atoms with Crippen LogP contribution >= 0.6 is 15.9 Å². The maximum absolute atomic E-state index is 12.3. The predicted octanol–water partition coefficient (Wildman–Crippen LogP) is 3.60. The molecule has 0 saturated carbocycles. The molecule has 0 aromatic heterocycles. The summed E-state index contributed by atoms with van der Waals surface area (Å²) >= 11 is 3.37. The van der Waals surface area contributed by atoms with Gasteiger partial charge in [0.25, 0.3) is 5.91 Å². The molecule has 0 fully saturated rings. The van der Waals surface area contributed by atoms with Gasteiger partial charge in [-0.3, -0.25) is 9.59 Å². The largest absolute Gasteiger partial charge is 0.497 e. The SMILES string of the molecule is COc1ccc(C(=O)N/N=C(\C)CC(=O)Nc2ccccc2Br)c(OC)c1. The lowest BCUT2D eigenvalue weighted by atomic mass is 10.2. The Morgan fingerprint density at radius 1 is 1.11 bits per heavy atom. The number of anilines is 1. The normalized spacial score (nSPS) is 10.9. The van der Waals surface area contributed by atoms with Gasteiger partial charge in [0.1, 0.15) is 11.5 Å². The molecule has 0 atom stereocenters. The molecular formula is C19H20BrN3O4. The molecule has 0 unspecified atom stereocenters. The van der Waals surface area contributed by atoms with Crippen LogP contribution in [0, 0.1) is 0 Å². The van der Waals surface area contributed by atoms with Crippen LogP contribution in [0.5, 0.6) is 11.5 Å². The topological polar surface area (TPSA) is 89.0 Å². The van der Waals surface area contributed by atoms with E-state index in [0.29, 0.717) is 28.5 Å². The molecule has 2 aromatic carbocycles. The number of hydrazone groups is 1. The van der Waals surface area contributed by atoms with Crippen molar-refractivity contribution in [3.8, 4) is 11.5 Å². The van der Waals surface area contributed by atoms with E-state index in [4.69, 9.17) is 9.47 Å².